The maximum absolute atomic E-state index is 12.2. The van der Waals surface area contributed by atoms with Crippen molar-refractivity contribution < 1.29 is 9.90 Å². The molecule has 2 aromatic carbocycles. The van der Waals surface area contributed by atoms with Crippen LogP contribution in [-0.2, 0) is 0 Å². The average molecular weight is 573 g/mol. The molecule has 1 N–H and O–H groups in total. The van der Waals surface area contributed by atoms with Gasteiger partial charge in [-0.2, -0.15) is 0 Å². The molecule has 0 aliphatic heterocycles. The summed E-state index contributed by atoms with van der Waals surface area (Å²) in [6, 6.07) is 18.5. The van der Waals surface area contributed by atoms with Gasteiger partial charge in [-0.15, -0.1) is 11.3 Å². The third kappa shape index (κ3) is 4.49. The van der Waals surface area contributed by atoms with E-state index >= 15 is 0 Å². The molecule has 6 nitrogen and oxygen atoms in total. The SMILES string of the molecule is Cc1nc(C)c(-c2ccc3cc(-c4c(C5CCCCC5)c5c(C)cc(C(=O)O)cc5n4-c4ccncc4)ccc3n2)s1. The molecule has 1 aliphatic rings. The van der Waals surface area contributed by atoms with Crippen LogP contribution in [0.3, 0.4) is 0 Å². The van der Waals surface area contributed by atoms with E-state index in [4.69, 9.17) is 4.98 Å². The van der Waals surface area contributed by atoms with E-state index in [9.17, 15) is 9.90 Å². The third-order valence-corrected chi connectivity index (χ3v) is 9.68. The van der Waals surface area contributed by atoms with Gasteiger partial charge in [0.05, 0.1) is 43.6 Å². The first-order chi connectivity index (χ1) is 20.4. The second-order valence-corrected chi connectivity index (χ2v) is 12.6. The van der Waals surface area contributed by atoms with Crippen LogP contribution in [0.1, 0.15) is 70.2 Å². The molecule has 0 bridgehead atoms. The van der Waals surface area contributed by atoms with Gasteiger partial charge in [0.15, 0.2) is 0 Å². The summed E-state index contributed by atoms with van der Waals surface area (Å²) in [5.41, 5.74) is 9.67. The van der Waals surface area contributed by atoms with Crippen molar-refractivity contribution in [1.82, 2.24) is 19.5 Å². The van der Waals surface area contributed by atoms with Crippen LogP contribution < -0.4 is 0 Å². The van der Waals surface area contributed by atoms with Gasteiger partial charge in [-0.1, -0.05) is 31.4 Å². The van der Waals surface area contributed by atoms with E-state index in [-0.39, 0.29) is 0 Å². The second-order valence-electron chi connectivity index (χ2n) is 11.4. The molecule has 0 unspecified atom stereocenters. The summed E-state index contributed by atoms with van der Waals surface area (Å²) in [6.07, 6.45) is 9.55. The zero-order valence-electron chi connectivity index (χ0n) is 24.0. The minimum absolute atomic E-state index is 0.304. The Morgan fingerprint density at radius 1 is 0.929 bits per heavy atom. The largest absolute Gasteiger partial charge is 0.478 e. The van der Waals surface area contributed by atoms with E-state index in [0.29, 0.717) is 11.5 Å². The van der Waals surface area contributed by atoms with E-state index < -0.39 is 5.97 Å². The Morgan fingerprint density at radius 3 is 2.43 bits per heavy atom. The lowest BCUT2D eigenvalue weighted by atomic mass is 9.81. The molecular formula is C35H32N4O2S. The standard InChI is InChI=1S/C35H32N4O2S/c1-20-17-26(35(40)41)19-30-31(20)32(23-7-5-4-6-8-23)33(39(30)27-13-15-36-16-14-27)25-10-11-28-24(18-25)9-12-29(38-28)34-21(2)37-22(3)42-34/h9-19,23H,4-8H2,1-3H3,(H,40,41). The van der Waals surface area contributed by atoms with E-state index in [2.05, 4.69) is 51.8 Å². The number of hydrogen-bond acceptors (Lipinski definition) is 5. The van der Waals surface area contributed by atoms with Gasteiger partial charge in [-0.05, 0) is 98.7 Å². The van der Waals surface area contributed by atoms with Crippen molar-refractivity contribution in [3.05, 3.63) is 94.4 Å². The number of carboxylic acid groups (broad SMARTS) is 1. The molecule has 0 amide bonds. The highest BCUT2D eigenvalue weighted by atomic mass is 32.1. The number of carboxylic acids is 1. The molecule has 42 heavy (non-hydrogen) atoms. The van der Waals surface area contributed by atoms with Crippen LogP contribution in [0.15, 0.2) is 67.0 Å². The molecule has 0 saturated heterocycles. The van der Waals surface area contributed by atoms with Gasteiger partial charge in [0, 0.05) is 28.9 Å². The number of fused-ring (bicyclic) bond motifs is 2. The lowest BCUT2D eigenvalue weighted by Crippen LogP contribution is -2.07. The Labute approximate surface area is 248 Å². The summed E-state index contributed by atoms with van der Waals surface area (Å²) >= 11 is 1.68. The summed E-state index contributed by atoms with van der Waals surface area (Å²) in [5, 5.41) is 13.3. The Hall–Kier alpha value is -4.36. The van der Waals surface area contributed by atoms with Gasteiger partial charge >= 0.3 is 5.97 Å². The van der Waals surface area contributed by atoms with Crippen molar-refractivity contribution in [2.75, 3.05) is 0 Å². The van der Waals surface area contributed by atoms with Gasteiger partial charge in [-0.25, -0.2) is 14.8 Å². The predicted molar refractivity (Wildman–Crippen MR) is 170 cm³/mol. The van der Waals surface area contributed by atoms with Crippen LogP contribution in [0, 0.1) is 20.8 Å². The molecular weight excluding hydrogens is 540 g/mol. The fraction of sp³-hybridized carbons (Fsp3) is 0.257. The topological polar surface area (TPSA) is 80.9 Å². The zero-order chi connectivity index (χ0) is 29.0. The number of thiazole rings is 1. The molecule has 1 fully saturated rings. The molecule has 1 aliphatic carbocycles. The molecule has 0 atom stereocenters. The molecule has 7 heteroatoms. The molecule has 4 heterocycles. The first-order valence-corrected chi connectivity index (χ1v) is 15.4. The van der Waals surface area contributed by atoms with Gasteiger partial charge in [0.25, 0.3) is 0 Å². The second kappa shape index (κ2) is 10.5. The Morgan fingerprint density at radius 2 is 1.71 bits per heavy atom. The fourth-order valence-electron chi connectivity index (χ4n) is 6.78. The maximum atomic E-state index is 12.2. The van der Waals surface area contributed by atoms with E-state index in [1.54, 1.807) is 23.7 Å². The molecule has 210 valence electrons. The maximum Gasteiger partial charge on any atom is 0.335 e. The number of carbonyl (C=O) groups is 1. The van der Waals surface area contributed by atoms with Gasteiger partial charge in [-0.3, -0.25) is 4.98 Å². The predicted octanol–water partition coefficient (Wildman–Crippen LogP) is 9.04. The van der Waals surface area contributed by atoms with E-state index in [1.165, 1.54) is 30.2 Å². The third-order valence-electron chi connectivity index (χ3n) is 8.58. The molecule has 7 rings (SSSR count). The van der Waals surface area contributed by atoms with Crippen LogP contribution in [0.2, 0.25) is 0 Å². The van der Waals surface area contributed by atoms with Crippen LogP contribution >= 0.6 is 11.3 Å². The number of benzene rings is 2. The fourth-order valence-corrected chi connectivity index (χ4v) is 7.67. The monoisotopic (exact) mass is 572 g/mol. The number of hydrogen-bond donors (Lipinski definition) is 1. The smallest absolute Gasteiger partial charge is 0.335 e. The van der Waals surface area contributed by atoms with Gasteiger partial charge in [0.1, 0.15) is 0 Å². The van der Waals surface area contributed by atoms with Gasteiger partial charge < -0.3 is 9.67 Å². The minimum atomic E-state index is -0.915. The number of pyridine rings is 2. The molecule has 0 spiro atoms. The highest BCUT2D eigenvalue weighted by molar-refractivity contribution is 7.15. The number of nitrogens with zero attached hydrogens (tertiary/aromatic N) is 4. The van der Waals surface area contributed by atoms with E-state index in [1.807, 2.05) is 38.1 Å². The lowest BCUT2D eigenvalue weighted by molar-refractivity contribution is 0.0697. The molecule has 4 aromatic heterocycles. The highest BCUT2D eigenvalue weighted by Crippen LogP contribution is 2.47. The summed E-state index contributed by atoms with van der Waals surface area (Å²) in [6.45, 7) is 6.12. The molecule has 6 aromatic rings. The Balaban J connectivity index is 1.51. The highest BCUT2D eigenvalue weighted by Gasteiger charge is 2.29. The minimum Gasteiger partial charge on any atom is -0.478 e. The van der Waals surface area contributed by atoms with Crippen molar-refractivity contribution in [3.8, 4) is 27.5 Å². The van der Waals surface area contributed by atoms with E-state index in [0.717, 1.165) is 73.0 Å². The van der Waals surface area contributed by atoms with Crippen LogP contribution in [0.4, 0.5) is 0 Å². The Kier molecular flexibility index (Phi) is 6.62. The quantitative estimate of drug-likeness (QED) is 0.223. The van der Waals surface area contributed by atoms with Crippen LogP contribution in [0.25, 0.3) is 49.3 Å². The van der Waals surface area contributed by atoms with Crippen LogP contribution in [-0.4, -0.2) is 30.6 Å². The Bertz CT molecular complexity index is 1980. The van der Waals surface area contributed by atoms with Gasteiger partial charge in [0.2, 0.25) is 0 Å². The summed E-state index contributed by atoms with van der Waals surface area (Å²) < 4.78 is 2.26. The zero-order valence-corrected chi connectivity index (χ0v) is 24.8. The lowest BCUT2D eigenvalue weighted by Gasteiger charge is -2.24. The van der Waals surface area contributed by atoms with Crippen molar-refractivity contribution in [2.24, 2.45) is 0 Å². The first kappa shape index (κ1) is 26.5. The molecule has 1 saturated carbocycles. The molecule has 0 radical (unpaired) electrons. The summed E-state index contributed by atoms with van der Waals surface area (Å²) in [7, 11) is 0. The normalized spacial score (nSPS) is 14.2. The first-order valence-electron chi connectivity index (χ1n) is 14.6. The number of aromatic nitrogens is 4. The van der Waals surface area contributed by atoms with Crippen molar-refractivity contribution in [1.29, 1.82) is 0 Å². The summed E-state index contributed by atoms with van der Waals surface area (Å²) in [4.78, 5) is 27.2. The number of aromatic carboxylic acids is 1. The summed E-state index contributed by atoms with van der Waals surface area (Å²) in [5.74, 6) is -0.510. The average Bonchev–Trinajstić information content (AvgIpc) is 3.54. The van der Waals surface area contributed by atoms with Crippen LogP contribution in [0.5, 0.6) is 0 Å². The van der Waals surface area contributed by atoms with Crippen molar-refractivity contribution in [3.63, 3.8) is 0 Å². The van der Waals surface area contributed by atoms with Crippen molar-refractivity contribution >= 4 is 39.1 Å². The number of aryl methyl sites for hydroxylation is 3. The van der Waals surface area contributed by atoms with Crippen molar-refractivity contribution in [2.45, 2.75) is 58.8 Å². The number of rotatable bonds is 5.